The van der Waals surface area contributed by atoms with Gasteiger partial charge in [-0.3, -0.25) is 0 Å². The average Bonchev–Trinajstić information content (AvgIpc) is 3.44. The lowest BCUT2D eigenvalue weighted by Gasteiger charge is -2.39. The number of rotatable bonds is 4. The zero-order valence-corrected chi connectivity index (χ0v) is 16.5. The van der Waals surface area contributed by atoms with Crippen LogP contribution in [0.15, 0.2) is 30.3 Å². The van der Waals surface area contributed by atoms with Crippen LogP contribution in [-0.2, 0) is 16.1 Å². The second-order valence-electron chi connectivity index (χ2n) is 8.40. The number of nitrogens with zero attached hydrogens (tertiary/aromatic N) is 2. The van der Waals surface area contributed by atoms with Crippen LogP contribution in [-0.4, -0.2) is 52.8 Å². The molecule has 1 aromatic rings. The summed E-state index contributed by atoms with van der Waals surface area (Å²) in [6.45, 7) is 7.07. The Labute approximate surface area is 161 Å². The number of carbonyl (C=O) groups is 2. The standard InChI is InChI=1S/C21H30N2O4/c1-21(2,3)27-20(25)23(17-11-12-17)18-10-7-13-22(14-18)19(24)26-15-16-8-5-4-6-9-16/h4-6,8-9,17-18H,7,10-15H2,1-3H3/t18-/m1/s1. The number of piperidine rings is 1. The van der Waals surface area contributed by atoms with Gasteiger partial charge < -0.3 is 19.3 Å². The Morgan fingerprint density at radius 2 is 1.81 bits per heavy atom. The molecule has 2 fully saturated rings. The Balaban J connectivity index is 1.58. The first-order valence-electron chi connectivity index (χ1n) is 9.80. The second kappa shape index (κ2) is 8.19. The summed E-state index contributed by atoms with van der Waals surface area (Å²) in [6.07, 6.45) is 3.18. The monoisotopic (exact) mass is 374 g/mol. The topological polar surface area (TPSA) is 59.1 Å². The predicted octanol–water partition coefficient (Wildman–Crippen LogP) is 4.19. The zero-order chi connectivity index (χ0) is 19.4. The fourth-order valence-corrected chi connectivity index (χ4v) is 3.42. The van der Waals surface area contributed by atoms with Gasteiger partial charge in [0, 0.05) is 19.1 Å². The third kappa shape index (κ3) is 5.62. The van der Waals surface area contributed by atoms with Crippen molar-refractivity contribution in [2.45, 2.75) is 70.7 Å². The van der Waals surface area contributed by atoms with E-state index in [0.717, 1.165) is 31.2 Å². The van der Waals surface area contributed by atoms with Gasteiger partial charge in [0.15, 0.2) is 0 Å². The summed E-state index contributed by atoms with van der Waals surface area (Å²) in [7, 11) is 0. The minimum atomic E-state index is -0.521. The van der Waals surface area contributed by atoms with Crippen molar-refractivity contribution in [3.63, 3.8) is 0 Å². The summed E-state index contributed by atoms with van der Waals surface area (Å²) in [5.41, 5.74) is 0.445. The molecule has 1 saturated carbocycles. The molecule has 0 aromatic heterocycles. The Kier molecular flexibility index (Phi) is 5.92. The van der Waals surface area contributed by atoms with E-state index in [-0.39, 0.29) is 30.9 Å². The molecule has 0 radical (unpaired) electrons. The number of amides is 2. The molecule has 6 nitrogen and oxygen atoms in total. The van der Waals surface area contributed by atoms with Crippen LogP contribution in [0, 0.1) is 0 Å². The Morgan fingerprint density at radius 1 is 1.11 bits per heavy atom. The SMILES string of the molecule is CC(C)(C)OC(=O)N(C1CC1)[C@@H]1CCCN(C(=O)OCc2ccccc2)C1. The molecule has 27 heavy (non-hydrogen) atoms. The third-order valence-corrected chi connectivity index (χ3v) is 4.80. The van der Waals surface area contributed by atoms with Crippen molar-refractivity contribution >= 4 is 12.2 Å². The van der Waals surface area contributed by atoms with E-state index >= 15 is 0 Å². The lowest BCUT2D eigenvalue weighted by atomic mass is 10.0. The summed E-state index contributed by atoms with van der Waals surface area (Å²) in [5, 5.41) is 0. The number of hydrogen-bond donors (Lipinski definition) is 0. The van der Waals surface area contributed by atoms with Gasteiger partial charge in [-0.15, -0.1) is 0 Å². The second-order valence-corrected chi connectivity index (χ2v) is 8.40. The van der Waals surface area contributed by atoms with E-state index in [2.05, 4.69) is 0 Å². The van der Waals surface area contributed by atoms with Crippen molar-refractivity contribution in [2.24, 2.45) is 0 Å². The molecule has 148 valence electrons. The Morgan fingerprint density at radius 3 is 2.44 bits per heavy atom. The Bertz CT molecular complexity index is 652. The molecule has 1 heterocycles. The number of benzene rings is 1. The number of hydrogen-bond acceptors (Lipinski definition) is 4. The van der Waals surface area contributed by atoms with Crippen molar-refractivity contribution in [3.05, 3.63) is 35.9 Å². The van der Waals surface area contributed by atoms with E-state index in [1.54, 1.807) is 4.90 Å². The fraction of sp³-hybridized carbons (Fsp3) is 0.619. The van der Waals surface area contributed by atoms with Gasteiger partial charge in [0.2, 0.25) is 0 Å². The van der Waals surface area contributed by atoms with Gasteiger partial charge in [-0.25, -0.2) is 9.59 Å². The van der Waals surface area contributed by atoms with E-state index < -0.39 is 5.60 Å². The molecular formula is C21H30N2O4. The largest absolute Gasteiger partial charge is 0.445 e. The lowest BCUT2D eigenvalue weighted by Crippen LogP contribution is -2.53. The predicted molar refractivity (Wildman–Crippen MR) is 102 cm³/mol. The molecule has 1 atom stereocenters. The molecule has 1 aliphatic heterocycles. The first-order chi connectivity index (χ1) is 12.8. The highest BCUT2D eigenvalue weighted by molar-refractivity contribution is 5.70. The highest BCUT2D eigenvalue weighted by atomic mass is 16.6. The molecule has 2 aliphatic rings. The van der Waals surface area contributed by atoms with Gasteiger partial charge in [-0.1, -0.05) is 30.3 Å². The maximum absolute atomic E-state index is 12.7. The van der Waals surface area contributed by atoms with Crippen molar-refractivity contribution < 1.29 is 19.1 Å². The maximum atomic E-state index is 12.7. The maximum Gasteiger partial charge on any atom is 0.410 e. The molecule has 0 unspecified atom stereocenters. The van der Waals surface area contributed by atoms with Crippen LogP contribution in [0.2, 0.25) is 0 Å². The van der Waals surface area contributed by atoms with Crippen LogP contribution in [0.25, 0.3) is 0 Å². The zero-order valence-electron chi connectivity index (χ0n) is 16.5. The van der Waals surface area contributed by atoms with Crippen LogP contribution < -0.4 is 0 Å². The van der Waals surface area contributed by atoms with E-state index in [4.69, 9.17) is 9.47 Å². The summed E-state index contributed by atoms with van der Waals surface area (Å²) < 4.78 is 11.1. The lowest BCUT2D eigenvalue weighted by molar-refractivity contribution is 0.00247. The highest BCUT2D eigenvalue weighted by Crippen LogP contribution is 2.33. The molecule has 1 aromatic carbocycles. The number of ether oxygens (including phenoxy) is 2. The van der Waals surface area contributed by atoms with Crippen LogP contribution >= 0.6 is 0 Å². The molecule has 1 aliphatic carbocycles. The number of likely N-dealkylation sites (tertiary alicyclic amines) is 1. The van der Waals surface area contributed by atoms with Gasteiger partial charge in [-0.05, 0) is 52.0 Å². The van der Waals surface area contributed by atoms with Crippen molar-refractivity contribution in [1.82, 2.24) is 9.80 Å². The van der Waals surface area contributed by atoms with E-state index in [1.807, 2.05) is 56.0 Å². The smallest absolute Gasteiger partial charge is 0.410 e. The first kappa shape index (κ1) is 19.5. The molecule has 1 saturated heterocycles. The van der Waals surface area contributed by atoms with Crippen molar-refractivity contribution in [3.8, 4) is 0 Å². The summed E-state index contributed by atoms with van der Waals surface area (Å²) in [6, 6.07) is 9.88. The van der Waals surface area contributed by atoms with Crippen LogP contribution in [0.4, 0.5) is 9.59 Å². The normalized spacial score (nSPS) is 20.1. The van der Waals surface area contributed by atoms with Crippen molar-refractivity contribution in [2.75, 3.05) is 13.1 Å². The van der Waals surface area contributed by atoms with Crippen LogP contribution in [0.1, 0.15) is 52.0 Å². The van der Waals surface area contributed by atoms with E-state index in [9.17, 15) is 9.59 Å². The van der Waals surface area contributed by atoms with Gasteiger partial charge in [0.1, 0.15) is 12.2 Å². The van der Waals surface area contributed by atoms with Gasteiger partial charge in [-0.2, -0.15) is 0 Å². The molecule has 2 amide bonds. The summed E-state index contributed by atoms with van der Waals surface area (Å²) >= 11 is 0. The van der Waals surface area contributed by atoms with Gasteiger partial charge >= 0.3 is 12.2 Å². The van der Waals surface area contributed by atoms with E-state index in [1.165, 1.54) is 0 Å². The Hall–Kier alpha value is -2.24. The van der Waals surface area contributed by atoms with Gasteiger partial charge in [0.05, 0.1) is 6.04 Å². The summed E-state index contributed by atoms with van der Waals surface area (Å²) in [5.74, 6) is 0. The fourth-order valence-electron chi connectivity index (χ4n) is 3.42. The summed E-state index contributed by atoms with van der Waals surface area (Å²) in [4.78, 5) is 28.8. The quantitative estimate of drug-likeness (QED) is 0.793. The average molecular weight is 374 g/mol. The highest BCUT2D eigenvalue weighted by Gasteiger charge is 2.41. The van der Waals surface area contributed by atoms with Crippen LogP contribution in [0.5, 0.6) is 0 Å². The number of carbonyl (C=O) groups excluding carboxylic acids is 2. The molecule has 0 N–H and O–H groups in total. The van der Waals surface area contributed by atoms with Crippen molar-refractivity contribution in [1.29, 1.82) is 0 Å². The minimum absolute atomic E-state index is 0.00891. The van der Waals surface area contributed by atoms with E-state index in [0.29, 0.717) is 13.1 Å². The first-order valence-corrected chi connectivity index (χ1v) is 9.80. The van der Waals surface area contributed by atoms with Gasteiger partial charge in [0.25, 0.3) is 0 Å². The van der Waals surface area contributed by atoms with Crippen LogP contribution in [0.3, 0.4) is 0 Å². The molecule has 0 bridgehead atoms. The molecule has 6 heteroatoms. The molecule has 0 spiro atoms. The molecule has 3 rings (SSSR count). The third-order valence-electron chi connectivity index (χ3n) is 4.80. The minimum Gasteiger partial charge on any atom is -0.445 e. The molecular weight excluding hydrogens is 344 g/mol.